The lowest BCUT2D eigenvalue weighted by atomic mass is 10.2. The lowest BCUT2D eigenvalue weighted by Gasteiger charge is -2.11. The molecule has 3 aromatic rings. The molecule has 0 spiro atoms. The van der Waals surface area contributed by atoms with Crippen LogP contribution in [0.2, 0.25) is 10.0 Å². The minimum Gasteiger partial charge on any atom is -0.306 e. The van der Waals surface area contributed by atoms with Gasteiger partial charge in [0.25, 0.3) is 5.91 Å². The van der Waals surface area contributed by atoms with E-state index in [0.29, 0.717) is 22.2 Å². The first-order valence-electron chi connectivity index (χ1n) is 7.79. The molecule has 6 nitrogen and oxygen atoms in total. The minimum atomic E-state index is -3.47. The highest BCUT2D eigenvalue weighted by Gasteiger charge is 2.18. The van der Waals surface area contributed by atoms with Crippen molar-refractivity contribution in [2.45, 2.75) is 11.8 Å². The fourth-order valence-electron chi connectivity index (χ4n) is 2.49. The van der Waals surface area contributed by atoms with Gasteiger partial charge in [0.1, 0.15) is 5.82 Å². The zero-order chi connectivity index (χ0) is 19.8. The maximum atomic E-state index is 12.7. The summed E-state index contributed by atoms with van der Waals surface area (Å²) in [6, 6.07) is 12.7. The van der Waals surface area contributed by atoms with Crippen molar-refractivity contribution in [1.82, 2.24) is 9.78 Å². The molecular weight excluding hydrogens is 409 g/mol. The Morgan fingerprint density at radius 1 is 1.11 bits per heavy atom. The molecule has 0 atom stereocenters. The van der Waals surface area contributed by atoms with Crippen LogP contribution in [0.1, 0.15) is 16.1 Å². The van der Waals surface area contributed by atoms with E-state index in [1.54, 1.807) is 37.3 Å². The largest absolute Gasteiger partial charge is 0.306 e. The molecule has 0 aliphatic carbocycles. The summed E-state index contributed by atoms with van der Waals surface area (Å²) < 4.78 is 25.0. The van der Waals surface area contributed by atoms with E-state index in [9.17, 15) is 13.2 Å². The number of sulfone groups is 1. The Labute approximate surface area is 166 Å². The van der Waals surface area contributed by atoms with Crippen molar-refractivity contribution in [2.24, 2.45) is 0 Å². The van der Waals surface area contributed by atoms with Crippen molar-refractivity contribution in [1.29, 1.82) is 0 Å². The van der Waals surface area contributed by atoms with Gasteiger partial charge in [-0.25, -0.2) is 13.1 Å². The highest BCUT2D eigenvalue weighted by molar-refractivity contribution is 7.90. The quantitative estimate of drug-likeness (QED) is 0.683. The Balaban J connectivity index is 1.99. The predicted octanol–water partition coefficient (Wildman–Crippen LogP) is 4.14. The Kier molecular flexibility index (Phi) is 5.28. The second-order valence-corrected chi connectivity index (χ2v) is 8.79. The zero-order valence-electron chi connectivity index (χ0n) is 14.4. The number of nitrogens with zero attached hydrogens (tertiary/aromatic N) is 2. The summed E-state index contributed by atoms with van der Waals surface area (Å²) in [6.45, 7) is 1.79. The van der Waals surface area contributed by atoms with E-state index < -0.39 is 15.7 Å². The van der Waals surface area contributed by atoms with Gasteiger partial charge in [0.05, 0.1) is 26.9 Å². The fraction of sp³-hybridized carbons (Fsp3) is 0.111. The predicted molar refractivity (Wildman–Crippen MR) is 106 cm³/mol. The Hall–Kier alpha value is -2.35. The lowest BCUT2D eigenvalue weighted by molar-refractivity contribution is 0.102. The topological polar surface area (TPSA) is 81.1 Å². The normalized spacial score (nSPS) is 11.4. The van der Waals surface area contributed by atoms with Crippen molar-refractivity contribution in [3.8, 4) is 5.69 Å². The van der Waals surface area contributed by atoms with Gasteiger partial charge in [-0.3, -0.25) is 4.79 Å². The average molecular weight is 424 g/mol. The number of aromatic nitrogens is 2. The highest BCUT2D eigenvalue weighted by Crippen LogP contribution is 2.24. The average Bonchev–Trinajstić information content (AvgIpc) is 2.94. The molecule has 2 aromatic carbocycles. The number of aryl methyl sites for hydroxylation is 1. The molecule has 0 aliphatic rings. The number of hydrogen-bond acceptors (Lipinski definition) is 4. The maximum Gasteiger partial charge on any atom is 0.258 e. The van der Waals surface area contributed by atoms with Crippen LogP contribution in [0.25, 0.3) is 5.69 Å². The number of amides is 1. The Bertz CT molecular complexity index is 1140. The molecule has 1 aromatic heterocycles. The molecule has 0 radical (unpaired) electrons. The highest BCUT2D eigenvalue weighted by atomic mass is 35.5. The van der Waals surface area contributed by atoms with Crippen molar-refractivity contribution >= 4 is 44.8 Å². The molecule has 0 unspecified atom stereocenters. The van der Waals surface area contributed by atoms with Crippen LogP contribution < -0.4 is 5.32 Å². The van der Waals surface area contributed by atoms with E-state index in [4.69, 9.17) is 23.2 Å². The summed E-state index contributed by atoms with van der Waals surface area (Å²) in [7, 11) is -3.47. The summed E-state index contributed by atoms with van der Waals surface area (Å²) in [4.78, 5) is 12.7. The van der Waals surface area contributed by atoms with Gasteiger partial charge in [0.2, 0.25) is 0 Å². The molecule has 0 fully saturated rings. The van der Waals surface area contributed by atoms with Crippen LogP contribution in [-0.4, -0.2) is 30.4 Å². The molecule has 1 amide bonds. The van der Waals surface area contributed by atoms with Gasteiger partial charge in [-0.1, -0.05) is 29.3 Å². The van der Waals surface area contributed by atoms with Gasteiger partial charge in [-0.15, -0.1) is 0 Å². The second kappa shape index (κ2) is 7.34. The van der Waals surface area contributed by atoms with Gasteiger partial charge in [0, 0.05) is 17.3 Å². The summed E-state index contributed by atoms with van der Waals surface area (Å²) in [5.74, 6) is -0.144. The van der Waals surface area contributed by atoms with Crippen LogP contribution >= 0.6 is 23.2 Å². The molecule has 1 heterocycles. The summed E-state index contributed by atoms with van der Waals surface area (Å²) in [5.41, 5.74) is 1.40. The smallest absolute Gasteiger partial charge is 0.258 e. The number of hydrogen-bond donors (Lipinski definition) is 1. The first-order chi connectivity index (χ1) is 12.6. The van der Waals surface area contributed by atoms with Gasteiger partial charge >= 0.3 is 0 Å². The number of halogens is 2. The van der Waals surface area contributed by atoms with E-state index >= 15 is 0 Å². The van der Waals surface area contributed by atoms with E-state index in [1.165, 1.54) is 22.9 Å². The third kappa shape index (κ3) is 4.32. The molecule has 0 saturated heterocycles. The first kappa shape index (κ1) is 19.4. The second-order valence-electron chi connectivity index (χ2n) is 5.93. The van der Waals surface area contributed by atoms with Gasteiger partial charge in [-0.2, -0.15) is 5.10 Å². The molecule has 0 aliphatic heterocycles. The Morgan fingerprint density at radius 3 is 2.52 bits per heavy atom. The van der Waals surface area contributed by atoms with Crippen molar-refractivity contribution in [3.05, 3.63) is 69.8 Å². The number of carbonyl (C=O) groups is 1. The molecule has 0 bridgehead atoms. The zero-order valence-corrected chi connectivity index (χ0v) is 16.7. The van der Waals surface area contributed by atoms with E-state index in [1.807, 2.05) is 0 Å². The standard InChI is InChI=1S/C18H15Cl2N3O3S/c1-11-8-17(23(22-11)13-5-3-4-12(19)9-13)21-18(24)15-10-14(27(2,25)26)6-7-16(15)20/h3-10H,1-2H3,(H,21,24). The SMILES string of the molecule is Cc1cc(NC(=O)c2cc(S(C)(=O)=O)ccc2Cl)n(-c2cccc(Cl)c2)n1. The van der Waals surface area contributed by atoms with Crippen LogP contribution in [0.3, 0.4) is 0 Å². The van der Waals surface area contributed by atoms with Crippen molar-refractivity contribution in [3.63, 3.8) is 0 Å². The summed E-state index contributed by atoms with van der Waals surface area (Å²) in [6.07, 6.45) is 1.06. The Morgan fingerprint density at radius 2 is 1.85 bits per heavy atom. The fourth-order valence-corrected chi connectivity index (χ4v) is 3.52. The molecule has 3 rings (SSSR count). The number of nitrogens with one attached hydrogen (secondary N) is 1. The summed E-state index contributed by atoms with van der Waals surface area (Å²) >= 11 is 12.1. The van der Waals surface area contributed by atoms with Gasteiger partial charge < -0.3 is 5.32 Å². The van der Waals surface area contributed by atoms with Gasteiger partial charge in [0.15, 0.2) is 9.84 Å². The number of carbonyl (C=O) groups excluding carboxylic acids is 1. The molecule has 0 saturated carbocycles. The third-order valence-corrected chi connectivity index (χ3v) is 5.41. The van der Waals surface area contributed by atoms with E-state index in [0.717, 1.165) is 6.26 Å². The molecule has 27 heavy (non-hydrogen) atoms. The van der Waals surface area contributed by atoms with Crippen LogP contribution in [-0.2, 0) is 9.84 Å². The van der Waals surface area contributed by atoms with Crippen LogP contribution in [0.5, 0.6) is 0 Å². The van der Waals surface area contributed by atoms with Crippen LogP contribution in [0.15, 0.2) is 53.4 Å². The van der Waals surface area contributed by atoms with E-state index in [2.05, 4.69) is 10.4 Å². The molecular formula is C18H15Cl2N3O3S. The number of anilines is 1. The molecule has 1 N–H and O–H groups in total. The lowest BCUT2D eigenvalue weighted by Crippen LogP contribution is -2.16. The third-order valence-electron chi connectivity index (χ3n) is 3.74. The van der Waals surface area contributed by atoms with Crippen LogP contribution in [0, 0.1) is 6.92 Å². The van der Waals surface area contributed by atoms with Crippen molar-refractivity contribution < 1.29 is 13.2 Å². The number of benzene rings is 2. The first-order valence-corrected chi connectivity index (χ1v) is 10.4. The van der Waals surface area contributed by atoms with Crippen LogP contribution in [0.4, 0.5) is 5.82 Å². The minimum absolute atomic E-state index is 0.0107. The monoisotopic (exact) mass is 423 g/mol. The van der Waals surface area contributed by atoms with E-state index in [-0.39, 0.29) is 15.5 Å². The summed E-state index contributed by atoms with van der Waals surface area (Å²) in [5, 5.41) is 7.76. The molecule has 140 valence electrons. The molecule has 9 heteroatoms. The maximum absolute atomic E-state index is 12.7. The van der Waals surface area contributed by atoms with Gasteiger partial charge in [-0.05, 0) is 43.3 Å². The number of rotatable bonds is 4. The van der Waals surface area contributed by atoms with Crippen molar-refractivity contribution in [2.75, 3.05) is 11.6 Å².